The fraction of sp³-hybridized carbons (Fsp3) is 0.138. The molecule has 3 nitrogen and oxygen atoms in total. The maximum Gasteiger partial charge on any atom is 0.0730 e. The number of pyridine rings is 1. The van der Waals surface area contributed by atoms with Crippen LogP contribution in [0, 0.1) is 13.8 Å². The van der Waals surface area contributed by atoms with E-state index in [0.717, 1.165) is 35.5 Å². The molecule has 0 unspecified atom stereocenters. The van der Waals surface area contributed by atoms with E-state index in [1.54, 1.807) is 0 Å². The van der Waals surface area contributed by atoms with Crippen LogP contribution in [0.3, 0.4) is 0 Å². The fourth-order valence-electron chi connectivity index (χ4n) is 4.13. The van der Waals surface area contributed by atoms with Crippen molar-refractivity contribution in [2.24, 2.45) is 0 Å². The topological polar surface area (TPSA) is 37.0 Å². The van der Waals surface area contributed by atoms with Crippen LogP contribution in [0.4, 0.5) is 11.4 Å². The third-order valence-corrected chi connectivity index (χ3v) is 5.95. The number of fused-ring (bicyclic) bond motifs is 2. The largest absolute Gasteiger partial charge is 0.381 e. The highest BCUT2D eigenvalue weighted by atomic mass is 14.9. The summed E-state index contributed by atoms with van der Waals surface area (Å²) in [6.45, 7) is 5.90. The first-order valence-electron chi connectivity index (χ1n) is 11.1. The van der Waals surface area contributed by atoms with Crippen molar-refractivity contribution in [3.8, 4) is 0 Å². The Kier molecular flexibility index (Phi) is 5.47. The molecule has 158 valence electrons. The zero-order valence-corrected chi connectivity index (χ0v) is 18.5. The molecule has 1 aromatic heterocycles. The molecule has 0 aliphatic heterocycles. The molecule has 0 fully saturated rings. The van der Waals surface area contributed by atoms with E-state index in [9.17, 15) is 0 Å². The Hall–Kier alpha value is -3.85. The van der Waals surface area contributed by atoms with E-state index in [-0.39, 0.29) is 0 Å². The average molecular weight is 418 g/mol. The zero-order valence-electron chi connectivity index (χ0n) is 18.5. The predicted octanol–water partition coefficient (Wildman–Crippen LogP) is 7.23. The molecule has 0 spiro atoms. The van der Waals surface area contributed by atoms with Gasteiger partial charge < -0.3 is 10.6 Å². The molecule has 0 saturated carbocycles. The zero-order chi connectivity index (χ0) is 21.9. The van der Waals surface area contributed by atoms with E-state index in [0.29, 0.717) is 0 Å². The minimum Gasteiger partial charge on any atom is -0.381 e. The second-order valence-electron chi connectivity index (χ2n) is 8.39. The van der Waals surface area contributed by atoms with E-state index in [2.05, 4.69) is 103 Å². The second-order valence-corrected chi connectivity index (χ2v) is 8.39. The minimum absolute atomic E-state index is 0.799. The molecular weight excluding hydrogens is 390 g/mol. The summed E-state index contributed by atoms with van der Waals surface area (Å²) in [6.07, 6.45) is 0. The number of aromatic nitrogens is 1. The molecule has 5 rings (SSSR count). The number of anilines is 2. The molecule has 0 atom stereocenters. The van der Waals surface area contributed by atoms with Crippen molar-refractivity contribution in [1.29, 1.82) is 0 Å². The molecule has 0 saturated heterocycles. The third-order valence-electron chi connectivity index (χ3n) is 5.95. The molecule has 4 aromatic carbocycles. The van der Waals surface area contributed by atoms with Crippen LogP contribution in [-0.4, -0.2) is 4.98 Å². The first-order chi connectivity index (χ1) is 15.7. The first-order valence-corrected chi connectivity index (χ1v) is 11.1. The van der Waals surface area contributed by atoms with Gasteiger partial charge in [-0.2, -0.15) is 0 Å². The van der Waals surface area contributed by atoms with Crippen LogP contribution in [0.15, 0.2) is 91.0 Å². The van der Waals surface area contributed by atoms with Crippen LogP contribution in [0.25, 0.3) is 21.8 Å². The van der Waals surface area contributed by atoms with Crippen molar-refractivity contribution in [2.75, 3.05) is 10.6 Å². The van der Waals surface area contributed by atoms with Crippen LogP contribution >= 0.6 is 0 Å². The van der Waals surface area contributed by atoms with Crippen molar-refractivity contribution in [1.82, 2.24) is 4.98 Å². The summed E-state index contributed by atoms with van der Waals surface area (Å²) in [5.74, 6) is 0. The lowest BCUT2D eigenvalue weighted by atomic mass is 10.0. The SMILES string of the molecule is Cc1cc2cc3cc(C)c(NCc4ccccc4)cc3nc2cc1NCc1ccccc1. The summed E-state index contributed by atoms with van der Waals surface area (Å²) in [5, 5.41) is 9.49. The van der Waals surface area contributed by atoms with Gasteiger partial charge in [0.25, 0.3) is 0 Å². The summed E-state index contributed by atoms with van der Waals surface area (Å²) in [4.78, 5) is 5.01. The number of aryl methyl sites for hydroxylation is 2. The van der Waals surface area contributed by atoms with Crippen molar-refractivity contribution >= 4 is 33.2 Å². The van der Waals surface area contributed by atoms with Gasteiger partial charge in [-0.15, -0.1) is 0 Å². The Bertz CT molecular complexity index is 1270. The van der Waals surface area contributed by atoms with E-state index in [1.807, 2.05) is 12.1 Å². The molecule has 0 amide bonds. The van der Waals surface area contributed by atoms with Gasteiger partial charge in [0.15, 0.2) is 0 Å². The van der Waals surface area contributed by atoms with Gasteiger partial charge in [0.1, 0.15) is 0 Å². The summed E-state index contributed by atoms with van der Waals surface area (Å²) in [6, 6.07) is 32.0. The highest BCUT2D eigenvalue weighted by Crippen LogP contribution is 2.29. The highest BCUT2D eigenvalue weighted by Gasteiger charge is 2.08. The van der Waals surface area contributed by atoms with Gasteiger partial charge in [-0.1, -0.05) is 60.7 Å². The lowest BCUT2D eigenvalue weighted by Crippen LogP contribution is -2.02. The number of benzene rings is 4. The smallest absolute Gasteiger partial charge is 0.0730 e. The van der Waals surface area contributed by atoms with Crippen LogP contribution in [0.1, 0.15) is 22.3 Å². The van der Waals surface area contributed by atoms with Gasteiger partial charge in [0.2, 0.25) is 0 Å². The molecule has 3 heteroatoms. The number of rotatable bonds is 6. The van der Waals surface area contributed by atoms with Gasteiger partial charge in [0.05, 0.1) is 11.0 Å². The Morgan fingerprint density at radius 3 is 1.44 bits per heavy atom. The monoisotopic (exact) mass is 417 g/mol. The van der Waals surface area contributed by atoms with Crippen molar-refractivity contribution in [3.05, 3.63) is 113 Å². The average Bonchev–Trinajstić information content (AvgIpc) is 2.82. The maximum atomic E-state index is 5.01. The summed E-state index contributed by atoms with van der Waals surface area (Å²) in [5.41, 5.74) is 9.27. The first kappa shape index (κ1) is 20.1. The Morgan fingerprint density at radius 2 is 1.00 bits per heavy atom. The molecule has 0 radical (unpaired) electrons. The van der Waals surface area contributed by atoms with E-state index in [4.69, 9.17) is 4.98 Å². The van der Waals surface area contributed by atoms with Crippen molar-refractivity contribution in [2.45, 2.75) is 26.9 Å². The normalized spacial score (nSPS) is 11.1. The predicted molar refractivity (Wildman–Crippen MR) is 136 cm³/mol. The molecule has 0 aliphatic rings. The lowest BCUT2D eigenvalue weighted by Gasteiger charge is -2.14. The van der Waals surface area contributed by atoms with Crippen LogP contribution in [0.2, 0.25) is 0 Å². The fourth-order valence-corrected chi connectivity index (χ4v) is 4.13. The van der Waals surface area contributed by atoms with E-state index in [1.165, 1.54) is 33.0 Å². The molecule has 1 heterocycles. The Morgan fingerprint density at radius 1 is 0.562 bits per heavy atom. The molecule has 0 aliphatic carbocycles. The summed E-state index contributed by atoms with van der Waals surface area (Å²) >= 11 is 0. The molecule has 32 heavy (non-hydrogen) atoms. The molecule has 2 N–H and O–H groups in total. The van der Waals surface area contributed by atoms with Gasteiger partial charge in [-0.25, -0.2) is 4.98 Å². The van der Waals surface area contributed by atoms with Crippen molar-refractivity contribution in [3.63, 3.8) is 0 Å². The highest BCUT2D eigenvalue weighted by molar-refractivity contribution is 5.96. The van der Waals surface area contributed by atoms with E-state index < -0.39 is 0 Å². The number of hydrogen-bond donors (Lipinski definition) is 2. The minimum atomic E-state index is 0.799. The Labute approximate surface area is 189 Å². The number of nitrogens with zero attached hydrogens (tertiary/aromatic N) is 1. The van der Waals surface area contributed by atoms with Gasteiger partial charge in [0, 0.05) is 35.2 Å². The van der Waals surface area contributed by atoms with Crippen LogP contribution in [0.5, 0.6) is 0 Å². The second kappa shape index (κ2) is 8.72. The van der Waals surface area contributed by atoms with Gasteiger partial charge in [-0.05, 0) is 66.4 Å². The summed E-state index contributed by atoms with van der Waals surface area (Å²) in [7, 11) is 0. The quantitative estimate of drug-likeness (QED) is 0.286. The van der Waals surface area contributed by atoms with Crippen LogP contribution < -0.4 is 10.6 Å². The summed E-state index contributed by atoms with van der Waals surface area (Å²) < 4.78 is 0. The standard InChI is InChI=1S/C29H27N3/c1-20-13-24-15-25-14-21(2)27(31-19-23-11-7-4-8-12-23)17-29(25)32-28(24)16-26(20)30-18-22-9-5-3-6-10-22/h3-17,30-31H,18-19H2,1-2H3. The number of nitrogens with one attached hydrogen (secondary N) is 2. The third kappa shape index (κ3) is 4.28. The van der Waals surface area contributed by atoms with Gasteiger partial charge >= 0.3 is 0 Å². The van der Waals surface area contributed by atoms with E-state index >= 15 is 0 Å². The lowest BCUT2D eigenvalue weighted by molar-refractivity contribution is 1.14. The van der Waals surface area contributed by atoms with Crippen LogP contribution in [-0.2, 0) is 13.1 Å². The molecule has 0 bridgehead atoms. The Balaban J connectivity index is 1.45. The van der Waals surface area contributed by atoms with Crippen molar-refractivity contribution < 1.29 is 0 Å². The maximum absolute atomic E-state index is 5.01. The van der Waals surface area contributed by atoms with Gasteiger partial charge in [-0.3, -0.25) is 0 Å². The number of hydrogen-bond acceptors (Lipinski definition) is 3. The molecular formula is C29H27N3. The molecule has 5 aromatic rings.